The molecule has 4 heteroatoms. The van der Waals surface area contributed by atoms with Gasteiger partial charge in [0.05, 0.1) is 6.42 Å². The molecule has 4 nitrogen and oxygen atoms in total. The number of rotatable bonds is 3. The van der Waals surface area contributed by atoms with E-state index in [1.807, 2.05) is 25.1 Å². The van der Waals surface area contributed by atoms with Crippen molar-refractivity contribution in [2.45, 2.75) is 33.1 Å². The summed E-state index contributed by atoms with van der Waals surface area (Å²) in [5, 5.41) is 0. The Morgan fingerprint density at radius 3 is 2.56 bits per heavy atom. The highest BCUT2D eigenvalue weighted by Crippen LogP contribution is 2.23. The Kier molecular flexibility index (Phi) is 3.55. The lowest BCUT2D eigenvalue weighted by Crippen LogP contribution is -2.09. The van der Waals surface area contributed by atoms with Crippen molar-refractivity contribution in [1.29, 1.82) is 0 Å². The maximum Gasteiger partial charge on any atom is 0.136 e. The van der Waals surface area contributed by atoms with Crippen LogP contribution in [0.1, 0.15) is 42.5 Å². The summed E-state index contributed by atoms with van der Waals surface area (Å²) in [4.78, 5) is 13.2. The quantitative estimate of drug-likeness (QED) is 0.898. The summed E-state index contributed by atoms with van der Waals surface area (Å²) in [6.45, 7) is 6.18. The van der Waals surface area contributed by atoms with Gasteiger partial charge in [-0.2, -0.15) is 0 Å². The molecule has 2 rings (SSSR count). The van der Waals surface area contributed by atoms with E-state index >= 15 is 0 Å². The Balaban J connectivity index is 2.31. The van der Waals surface area contributed by atoms with E-state index in [1.54, 1.807) is 6.20 Å². The molecule has 2 N–H and O–H groups in total. The summed E-state index contributed by atoms with van der Waals surface area (Å²) >= 11 is 0. The van der Waals surface area contributed by atoms with Crippen LogP contribution in [0.3, 0.4) is 0 Å². The number of hydrogen-bond donors (Lipinski definition) is 1. The van der Waals surface area contributed by atoms with Crippen LogP contribution in [0.15, 0.2) is 24.4 Å². The molecule has 0 aliphatic rings. The van der Waals surface area contributed by atoms with Gasteiger partial charge in [0.15, 0.2) is 0 Å². The molecule has 0 atom stereocenters. The Morgan fingerprint density at radius 2 is 2.00 bits per heavy atom. The van der Waals surface area contributed by atoms with Gasteiger partial charge in [0.25, 0.3) is 0 Å². The molecule has 0 saturated heterocycles. The average Bonchev–Trinajstić information content (AvgIpc) is 2.28. The minimum Gasteiger partial charge on any atom is -0.383 e. The topological polar surface area (TPSA) is 64.7 Å². The number of nitrogen functional groups attached to an aromatic ring is 1. The Labute approximate surface area is 107 Å². The molecule has 2 aromatic rings. The second-order valence-corrected chi connectivity index (χ2v) is 4.68. The molecule has 18 heavy (non-hydrogen) atoms. The predicted octanol–water partition coefficient (Wildman–Crippen LogP) is 2.48. The molecule has 0 aliphatic heterocycles. The zero-order chi connectivity index (χ0) is 13.1. The number of anilines is 1. The zero-order valence-electron chi connectivity index (χ0n) is 11.0. The first-order valence-corrected chi connectivity index (χ1v) is 6.10. The molecule has 0 fully saturated rings. The summed E-state index contributed by atoms with van der Waals surface area (Å²) in [6, 6.07) is 5.82. The highest BCUT2D eigenvalue weighted by Gasteiger charge is 2.12. The standard InChI is InChI=1S/C14H18N4/c1-9(2)13-10(3)17-12(18-14(13)15)8-11-6-4-5-7-16-11/h4-7,9H,8H2,1-3H3,(H2,15,17,18). The zero-order valence-corrected chi connectivity index (χ0v) is 11.0. The predicted molar refractivity (Wildman–Crippen MR) is 72.3 cm³/mol. The molecule has 0 spiro atoms. The van der Waals surface area contributed by atoms with Crippen molar-refractivity contribution >= 4 is 5.82 Å². The fourth-order valence-corrected chi connectivity index (χ4v) is 2.12. The third-order valence-electron chi connectivity index (χ3n) is 2.85. The van der Waals surface area contributed by atoms with E-state index in [0.717, 1.165) is 22.8 Å². The number of nitrogens with zero attached hydrogens (tertiary/aromatic N) is 3. The SMILES string of the molecule is Cc1nc(Cc2ccccn2)nc(N)c1C(C)C. The van der Waals surface area contributed by atoms with Crippen LogP contribution in [0.4, 0.5) is 5.82 Å². The molecule has 2 heterocycles. The first-order valence-electron chi connectivity index (χ1n) is 6.10. The Hall–Kier alpha value is -1.97. The monoisotopic (exact) mass is 242 g/mol. The van der Waals surface area contributed by atoms with Gasteiger partial charge >= 0.3 is 0 Å². The van der Waals surface area contributed by atoms with Crippen LogP contribution in [0, 0.1) is 6.92 Å². The third kappa shape index (κ3) is 2.64. The van der Waals surface area contributed by atoms with Crippen molar-refractivity contribution in [2.24, 2.45) is 0 Å². The summed E-state index contributed by atoms with van der Waals surface area (Å²) < 4.78 is 0. The number of hydrogen-bond acceptors (Lipinski definition) is 4. The van der Waals surface area contributed by atoms with Gasteiger partial charge in [-0.1, -0.05) is 19.9 Å². The van der Waals surface area contributed by atoms with E-state index in [4.69, 9.17) is 5.73 Å². The highest BCUT2D eigenvalue weighted by molar-refractivity contribution is 5.44. The van der Waals surface area contributed by atoms with Gasteiger partial charge in [-0.3, -0.25) is 4.98 Å². The number of nitrogens with two attached hydrogens (primary N) is 1. The first-order chi connectivity index (χ1) is 8.58. The largest absolute Gasteiger partial charge is 0.383 e. The molecule has 0 unspecified atom stereocenters. The molecule has 0 aromatic carbocycles. The lowest BCUT2D eigenvalue weighted by molar-refractivity contribution is 0.813. The maximum absolute atomic E-state index is 6.01. The van der Waals surface area contributed by atoms with Crippen LogP contribution in [0.5, 0.6) is 0 Å². The minimum absolute atomic E-state index is 0.342. The molecular formula is C14H18N4. The van der Waals surface area contributed by atoms with E-state index in [9.17, 15) is 0 Å². The van der Waals surface area contributed by atoms with Crippen LogP contribution in [-0.2, 0) is 6.42 Å². The van der Waals surface area contributed by atoms with Gasteiger partial charge in [0, 0.05) is 23.1 Å². The molecule has 0 bridgehead atoms. The van der Waals surface area contributed by atoms with Crippen LogP contribution < -0.4 is 5.73 Å². The van der Waals surface area contributed by atoms with Crippen molar-refractivity contribution in [3.63, 3.8) is 0 Å². The second kappa shape index (κ2) is 5.12. The number of aromatic nitrogens is 3. The molecule has 0 radical (unpaired) electrons. The maximum atomic E-state index is 6.01. The third-order valence-corrected chi connectivity index (χ3v) is 2.85. The van der Waals surface area contributed by atoms with Crippen LogP contribution in [0.25, 0.3) is 0 Å². The van der Waals surface area contributed by atoms with Gasteiger partial charge in [-0.15, -0.1) is 0 Å². The summed E-state index contributed by atoms with van der Waals surface area (Å²) in [5.41, 5.74) is 8.96. The van der Waals surface area contributed by atoms with Crippen molar-refractivity contribution < 1.29 is 0 Å². The van der Waals surface area contributed by atoms with E-state index in [2.05, 4.69) is 28.8 Å². The van der Waals surface area contributed by atoms with Gasteiger partial charge in [-0.05, 0) is 25.0 Å². The van der Waals surface area contributed by atoms with Crippen molar-refractivity contribution in [3.8, 4) is 0 Å². The Morgan fingerprint density at radius 1 is 1.22 bits per heavy atom. The van der Waals surface area contributed by atoms with Gasteiger partial charge in [0.1, 0.15) is 11.6 Å². The molecular weight excluding hydrogens is 224 g/mol. The molecule has 0 saturated carbocycles. The molecule has 0 amide bonds. The smallest absolute Gasteiger partial charge is 0.136 e. The van der Waals surface area contributed by atoms with Crippen LogP contribution in [0.2, 0.25) is 0 Å². The minimum atomic E-state index is 0.342. The van der Waals surface area contributed by atoms with Crippen molar-refractivity contribution in [1.82, 2.24) is 15.0 Å². The number of pyridine rings is 1. The van der Waals surface area contributed by atoms with Crippen LogP contribution in [-0.4, -0.2) is 15.0 Å². The lowest BCUT2D eigenvalue weighted by atomic mass is 10.0. The Bertz CT molecular complexity index is 512. The average molecular weight is 242 g/mol. The van der Waals surface area contributed by atoms with E-state index in [1.165, 1.54) is 0 Å². The second-order valence-electron chi connectivity index (χ2n) is 4.68. The highest BCUT2D eigenvalue weighted by atomic mass is 15.0. The van der Waals surface area contributed by atoms with E-state index in [0.29, 0.717) is 18.2 Å². The fourth-order valence-electron chi connectivity index (χ4n) is 2.12. The molecule has 2 aromatic heterocycles. The summed E-state index contributed by atoms with van der Waals surface area (Å²) in [5.74, 6) is 1.66. The fraction of sp³-hybridized carbons (Fsp3) is 0.357. The van der Waals surface area contributed by atoms with E-state index < -0.39 is 0 Å². The van der Waals surface area contributed by atoms with Gasteiger partial charge in [-0.25, -0.2) is 9.97 Å². The van der Waals surface area contributed by atoms with Gasteiger partial charge < -0.3 is 5.73 Å². The lowest BCUT2D eigenvalue weighted by Gasteiger charge is -2.12. The molecule has 94 valence electrons. The molecule has 0 aliphatic carbocycles. The van der Waals surface area contributed by atoms with Crippen molar-refractivity contribution in [2.75, 3.05) is 5.73 Å². The number of aryl methyl sites for hydroxylation is 1. The first kappa shape index (κ1) is 12.5. The summed E-state index contributed by atoms with van der Waals surface area (Å²) in [6.07, 6.45) is 2.39. The normalized spacial score (nSPS) is 10.9. The van der Waals surface area contributed by atoms with Gasteiger partial charge in [0.2, 0.25) is 0 Å². The van der Waals surface area contributed by atoms with Crippen LogP contribution >= 0.6 is 0 Å². The van der Waals surface area contributed by atoms with Crippen molar-refractivity contribution in [3.05, 3.63) is 47.2 Å². The van der Waals surface area contributed by atoms with E-state index in [-0.39, 0.29) is 0 Å². The summed E-state index contributed by atoms with van der Waals surface area (Å²) in [7, 11) is 0.